The minimum absolute atomic E-state index is 0.0400. The van der Waals surface area contributed by atoms with E-state index in [1.807, 2.05) is 0 Å². The molecular weight excluding hydrogens is 348 g/mol. The molecule has 0 rings (SSSR count). The smallest absolute Gasteiger partial charge is 0.330 e. The molecule has 3 N–H and O–H groups in total. The molecule has 0 fully saturated rings. The summed E-state index contributed by atoms with van der Waals surface area (Å²) in [6, 6.07) is 0. The molecular formula is C17H34O9. The van der Waals surface area contributed by atoms with Crippen LogP contribution in [0, 0.1) is 0 Å². The maximum Gasteiger partial charge on any atom is 0.330 e. The van der Waals surface area contributed by atoms with E-state index in [0.717, 1.165) is 18.9 Å². The van der Waals surface area contributed by atoms with E-state index in [4.69, 9.17) is 34.3 Å². The molecule has 26 heavy (non-hydrogen) atoms. The van der Waals surface area contributed by atoms with Gasteiger partial charge in [0.05, 0.1) is 46.2 Å². The molecule has 0 aliphatic heterocycles. The van der Waals surface area contributed by atoms with E-state index in [0.29, 0.717) is 52.9 Å². The SMILES string of the molecule is C=CC(=O)OCCOCCCOCCO.OCCOCCCOCCO. The highest BCUT2D eigenvalue weighted by Gasteiger charge is 1.95. The second kappa shape index (κ2) is 26.2. The van der Waals surface area contributed by atoms with Crippen molar-refractivity contribution < 1.29 is 43.8 Å². The van der Waals surface area contributed by atoms with Crippen LogP contribution in [0.4, 0.5) is 0 Å². The first-order chi connectivity index (χ1) is 12.7. The lowest BCUT2D eigenvalue weighted by molar-refractivity contribution is -0.139. The summed E-state index contributed by atoms with van der Waals surface area (Å²) in [4.78, 5) is 10.6. The summed E-state index contributed by atoms with van der Waals surface area (Å²) in [5, 5.41) is 25.0. The summed E-state index contributed by atoms with van der Waals surface area (Å²) in [5.41, 5.74) is 0. The van der Waals surface area contributed by atoms with Gasteiger partial charge in [0.1, 0.15) is 6.61 Å². The fourth-order valence-corrected chi connectivity index (χ4v) is 1.39. The monoisotopic (exact) mass is 382 g/mol. The van der Waals surface area contributed by atoms with Crippen molar-refractivity contribution in [1.29, 1.82) is 0 Å². The summed E-state index contributed by atoms with van der Waals surface area (Å²) in [6.07, 6.45) is 2.68. The number of carbonyl (C=O) groups excluding carboxylic acids is 1. The van der Waals surface area contributed by atoms with E-state index < -0.39 is 5.97 Å². The molecule has 0 bridgehead atoms. The Kier molecular flexibility index (Phi) is 27.3. The standard InChI is InChI=1S/C10H18O5.C7H16O4/c1-2-10(12)15-9-8-14-6-3-5-13-7-4-11;8-2-6-10-4-1-5-11-7-3-9/h2,11H,1,3-9H2;8-9H,1-7H2. The van der Waals surface area contributed by atoms with Crippen LogP contribution < -0.4 is 0 Å². The summed E-state index contributed by atoms with van der Waals surface area (Å²) >= 11 is 0. The maximum atomic E-state index is 10.6. The van der Waals surface area contributed by atoms with Gasteiger partial charge in [-0.1, -0.05) is 6.58 Å². The predicted molar refractivity (Wildman–Crippen MR) is 94.9 cm³/mol. The zero-order valence-corrected chi connectivity index (χ0v) is 15.5. The average Bonchev–Trinajstić information content (AvgIpc) is 2.66. The zero-order chi connectivity index (χ0) is 19.7. The van der Waals surface area contributed by atoms with Crippen molar-refractivity contribution in [3.8, 4) is 0 Å². The topological polar surface area (TPSA) is 124 Å². The number of esters is 1. The third-order valence-corrected chi connectivity index (χ3v) is 2.50. The number of aliphatic hydroxyl groups is 3. The van der Waals surface area contributed by atoms with Gasteiger partial charge in [-0.25, -0.2) is 4.79 Å². The molecule has 0 saturated carbocycles. The zero-order valence-electron chi connectivity index (χ0n) is 15.5. The largest absolute Gasteiger partial charge is 0.460 e. The molecule has 156 valence electrons. The first-order valence-electron chi connectivity index (χ1n) is 8.65. The lowest BCUT2D eigenvalue weighted by atomic mass is 10.5. The molecule has 0 atom stereocenters. The third-order valence-electron chi connectivity index (χ3n) is 2.50. The van der Waals surface area contributed by atoms with Gasteiger partial charge in [-0.3, -0.25) is 0 Å². The molecule has 0 amide bonds. The van der Waals surface area contributed by atoms with Crippen molar-refractivity contribution in [1.82, 2.24) is 0 Å². The second-order valence-electron chi connectivity index (χ2n) is 4.70. The fourth-order valence-electron chi connectivity index (χ4n) is 1.39. The van der Waals surface area contributed by atoms with E-state index in [1.54, 1.807) is 0 Å². The molecule has 0 spiro atoms. The van der Waals surface area contributed by atoms with Crippen LogP contribution in [0.5, 0.6) is 0 Å². The van der Waals surface area contributed by atoms with Crippen LogP contribution in [0.25, 0.3) is 0 Å². The average molecular weight is 382 g/mol. The van der Waals surface area contributed by atoms with Gasteiger partial charge < -0.3 is 39.0 Å². The van der Waals surface area contributed by atoms with E-state index in [-0.39, 0.29) is 26.4 Å². The van der Waals surface area contributed by atoms with Crippen molar-refractivity contribution in [2.75, 3.05) is 79.3 Å². The van der Waals surface area contributed by atoms with Gasteiger partial charge in [-0.2, -0.15) is 0 Å². The Bertz CT molecular complexity index is 279. The Morgan fingerprint density at radius 1 is 0.654 bits per heavy atom. The molecule has 0 heterocycles. The molecule has 0 aromatic rings. The van der Waals surface area contributed by atoms with Crippen LogP contribution in [0.2, 0.25) is 0 Å². The Balaban J connectivity index is 0. The van der Waals surface area contributed by atoms with Crippen LogP contribution in [0.15, 0.2) is 12.7 Å². The highest BCUT2D eigenvalue weighted by atomic mass is 16.6. The minimum Gasteiger partial charge on any atom is -0.460 e. The van der Waals surface area contributed by atoms with Gasteiger partial charge in [0, 0.05) is 32.5 Å². The van der Waals surface area contributed by atoms with Crippen LogP contribution in [0.3, 0.4) is 0 Å². The number of rotatable bonds is 18. The summed E-state index contributed by atoms with van der Waals surface area (Å²) in [6.45, 7) is 7.51. The summed E-state index contributed by atoms with van der Waals surface area (Å²) < 4.78 is 24.8. The predicted octanol–water partition coefficient (Wildman–Crippen LogP) is -0.474. The van der Waals surface area contributed by atoms with E-state index in [2.05, 4.69) is 11.3 Å². The molecule has 0 radical (unpaired) electrons. The number of hydrogen-bond acceptors (Lipinski definition) is 9. The van der Waals surface area contributed by atoms with E-state index in [1.165, 1.54) is 0 Å². The van der Waals surface area contributed by atoms with Crippen molar-refractivity contribution >= 4 is 5.97 Å². The quantitative estimate of drug-likeness (QED) is 0.164. The highest BCUT2D eigenvalue weighted by Crippen LogP contribution is 1.87. The van der Waals surface area contributed by atoms with Gasteiger partial charge in [-0.15, -0.1) is 0 Å². The van der Waals surface area contributed by atoms with Crippen molar-refractivity contribution in [2.45, 2.75) is 12.8 Å². The van der Waals surface area contributed by atoms with E-state index in [9.17, 15) is 4.79 Å². The van der Waals surface area contributed by atoms with Crippen molar-refractivity contribution in [3.63, 3.8) is 0 Å². The molecule has 0 aromatic heterocycles. The normalized spacial score (nSPS) is 10.1. The first kappa shape index (κ1) is 27.2. The molecule has 9 heteroatoms. The Hall–Kier alpha value is -1.07. The van der Waals surface area contributed by atoms with Crippen molar-refractivity contribution in [2.24, 2.45) is 0 Å². The number of ether oxygens (including phenoxy) is 5. The number of aliphatic hydroxyl groups excluding tert-OH is 3. The third kappa shape index (κ3) is 27.8. The fraction of sp³-hybridized carbons (Fsp3) is 0.824. The van der Waals surface area contributed by atoms with Crippen LogP contribution in [-0.2, 0) is 28.5 Å². The minimum atomic E-state index is -0.440. The van der Waals surface area contributed by atoms with Crippen LogP contribution >= 0.6 is 0 Å². The van der Waals surface area contributed by atoms with Gasteiger partial charge in [-0.05, 0) is 12.8 Å². The van der Waals surface area contributed by atoms with Crippen molar-refractivity contribution in [3.05, 3.63) is 12.7 Å². The van der Waals surface area contributed by atoms with Crippen LogP contribution in [0.1, 0.15) is 12.8 Å². The first-order valence-corrected chi connectivity index (χ1v) is 8.65. The van der Waals surface area contributed by atoms with Crippen LogP contribution in [-0.4, -0.2) is 101 Å². The Morgan fingerprint density at radius 2 is 1.04 bits per heavy atom. The molecule has 9 nitrogen and oxygen atoms in total. The van der Waals surface area contributed by atoms with Gasteiger partial charge in [0.2, 0.25) is 0 Å². The van der Waals surface area contributed by atoms with Gasteiger partial charge >= 0.3 is 5.97 Å². The van der Waals surface area contributed by atoms with Gasteiger partial charge in [0.25, 0.3) is 0 Å². The second-order valence-corrected chi connectivity index (χ2v) is 4.70. The molecule has 0 unspecified atom stereocenters. The number of carbonyl (C=O) groups is 1. The molecule has 0 aliphatic rings. The maximum absolute atomic E-state index is 10.6. The Labute approximate surface area is 155 Å². The van der Waals surface area contributed by atoms with Gasteiger partial charge in [0.15, 0.2) is 0 Å². The lowest BCUT2D eigenvalue weighted by Crippen LogP contribution is -2.10. The summed E-state index contributed by atoms with van der Waals surface area (Å²) in [7, 11) is 0. The van der Waals surface area contributed by atoms with E-state index >= 15 is 0 Å². The lowest BCUT2D eigenvalue weighted by Gasteiger charge is -2.04. The highest BCUT2D eigenvalue weighted by molar-refractivity contribution is 5.81. The molecule has 0 saturated heterocycles. The number of hydrogen-bond donors (Lipinski definition) is 3. The Morgan fingerprint density at radius 3 is 1.38 bits per heavy atom. The molecule has 0 aliphatic carbocycles. The molecule has 0 aromatic carbocycles. The summed E-state index contributed by atoms with van der Waals surface area (Å²) in [5.74, 6) is -0.440.